The van der Waals surface area contributed by atoms with Crippen LogP contribution in [0.3, 0.4) is 0 Å². The average Bonchev–Trinajstić information content (AvgIpc) is 3.12. The minimum absolute atomic E-state index is 0.159. The number of fused-ring (bicyclic) bond motifs is 1. The van der Waals surface area contributed by atoms with Crippen molar-refractivity contribution in [1.29, 1.82) is 0 Å². The number of rotatable bonds is 5. The number of amides is 1. The third-order valence-electron chi connectivity index (χ3n) is 4.72. The summed E-state index contributed by atoms with van der Waals surface area (Å²) in [6.07, 6.45) is 0.178. The lowest BCUT2D eigenvalue weighted by Gasteiger charge is -2.32. The van der Waals surface area contributed by atoms with Gasteiger partial charge in [0.1, 0.15) is 0 Å². The van der Waals surface area contributed by atoms with Gasteiger partial charge in [0.05, 0.1) is 18.0 Å². The maximum absolute atomic E-state index is 12.6. The number of aromatic nitrogens is 2. The molecule has 1 fully saturated rings. The summed E-state index contributed by atoms with van der Waals surface area (Å²) in [5.41, 5.74) is 0.885. The van der Waals surface area contributed by atoms with Crippen LogP contribution in [-0.2, 0) is 19.1 Å². The summed E-state index contributed by atoms with van der Waals surface area (Å²) in [7, 11) is 0. The molecule has 0 spiro atoms. The van der Waals surface area contributed by atoms with Crippen molar-refractivity contribution in [2.24, 2.45) is 5.92 Å². The van der Waals surface area contributed by atoms with Crippen molar-refractivity contribution >= 4 is 28.7 Å². The first-order chi connectivity index (χ1) is 13.0. The van der Waals surface area contributed by atoms with E-state index >= 15 is 0 Å². The molecule has 8 heteroatoms. The molecular weight excluding hydrogens is 350 g/mol. The van der Waals surface area contributed by atoms with Gasteiger partial charge in [-0.05, 0) is 32.8 Å². The molecule has 0 aliphatic carbocycles. The zero-order chi connectivity index (χ0) is 19.4. The van der Waals surface area contributed by atoms with Crippen LogP contribution >= 0.6 is 0 Å². The van der Waals surface area contributed by atoms with Crippen LogP contribution in [-0.4, -0.2) is 58.7 Å². The number of carbonyl (C=O) groups excluding carboxylic acids is 3. The maximum Gasteiger partial charge on any atom is 0.360 e. The lowest BCUT2D eigenvalue weighted by molar-refractivity contribution is -0.152. The Balaban J connectivity index is 1.56. The van der Waals surface area contributed by atoms with Gasteiger partial charge in [-0.25, -0.2) is 4.79 Å². The van der Waals surface area contributed by atoms with Crippen LogP contribution in [0.5, 0.6) is 0 Å². The number of piperidine rings is 1. The molecule has 1 atom stereocenters. The van der Waals surface area contributed by atoms with Crippen molar-refractivity contribution in [3.05, 3.63) is 30.0 Å². The normalized spacial score (nSPS) is 16.1. The molecule has 1 N–H and O–H groups in total. The number of aromatic amines is 1. The second kappa shape index (κ2) is 8.20. The van der Waals surface area contributed by atoms with E-state index < -0.39 is 12.1 Å². The van der Waals surface area contributed by atoms with Crippen molar-refractivity contribution in [2.75, 3.05) is 19.7 Å². The molecule has 1 aromatic heterocycles. The minimum Gasteiger partial charge on any atom is -0.466 e. The van der Waals surface area contributed by atoms with Gasteiger partial charge < -0.3 is 14.4 Å². The second-order valence-electron chi connectivity index (χ2n) is 6.52. The molecule has 1 aliphatic rings. The third-order valence-corrected chi connectivity index (χ3v) is 4.72. The van der Waals surface area contributed by atoms with Gasteiger partial charge in [0.15, 0.2) is 11.8 Å². The average molecular weight is 373 g/mol. The smallest absolute Gasteiger partial charge is 0.360 e. The van der Waals surface area contributed by atoms with Gasteiger partial charge in [-0.1, -0.05) is 18.2 Å². The molecule has 1 amide bonds. The number of likely N-dealkylation sites (tertiary alicyclic amines) is 1. The Kier molecular flexibility index (Phi) is 5.73. The van der Waals surface area contributed by atoms with Crippen molar-refractivity contribution in [1.82, 2.24) is 15.1 Å². The fraction of sp³-hybridized carbons (Fsp3) is 0.474. The third kappa shape index (κ3) is 4.10. The van der Waals surface area contributed by atoms with Crippen molar-refractivity contribution in [2.45, 2.75) is 32.8 Å². The van der Waals surface area contributed by atoms with Gasteiger partial charge in [0, 0.05) is 18.5 Å². The SMILES string of the molecule is CCOC(=O)C1CCN(C(=O)[C@H](C)OC(=O)c2n[nH]c3ccccc23)CC1. The van der Waals surface area contributed by atoms with E-state index in [0.29, 0.717) is 37.9 Å². The molecule has 0 saturated carbocycles. The molecule has 3 rings (SSSR count). The van der Waals surface area contributed by atoms with E-state index in [9.17, 15) is 14.4 Å². The molecule has 0 bridgehead atoms. The van der Waals surface area contributed by atoms with Gasteiger partial charge in [-0.2, -0.15) is 5.10 Å². The fourth-order valence-corrected chi connectivity index (χ4v) is 3.24. The van der Waals surface area contributed by atoms with E-state index in [1.165, 1.54) is 0 Å². The number of nitrogens with one attached hydrogen (secondary N) is 1. The summed E-state index contributed by atoms with van der Waals surface area (Å²) < 4.78 is 10.4. The summed E-state index contributed by atoms with van der Waals surface area (Å²) in [6, 6.07) is 7.21. The van der Waals surface area contributed by atoms with Gasteiger partial charge in [0.25, 0.3) is 5.91 Å². The highest BCUT2D eigenvalue weighted by Crippen LogP contribution is 2.21. The molecule has 1 saturated heterocycles. The Bertz CT molecular complexity index is 839. The first-order valence-corrected chi connectivity index (χ1v) is 9.10. The van der Waals surface area contributed by atoms with Crippen LogP contribution in [0.4, 0.5) is 0 Å². The number of benzene rings is 1. The number of carbonyl (C=O) groups is 3. The Morgan fingerprint density at radius 2 is 1.96 bits per heavy atom. The Labute approximate surface area is 156 Å². The number of H-pyrrole nitrogens is 1. The molecule has 8 nitrogen and oxygen atoms in total. The number of esters is 2. The lowest BCUT2D eigenvalue weighted by Crippen LogP contribution is -2.45. The molecule has 1 aromatic carbocycles. The number of nitrogens with zero attached hydrogens (tertiary/aromatic N) is 2. The fourth-order valence-electron chi connectivity index (χ4n) is 3.24. The van der Waals surface area contributed by atoms with Gasteiger partial charge in [0.2, 0.25) is 0 Å². The van der Waals surface area contributed by atoms with Crippen LogP contribution in [0.25, 0.3) is 10.9 Å². The Morgan fingerprint density at radius 1 is 1.26 bits per heavy atom. The van der Waals surface area contributed by atoms with Crippen LogP contribution in [0.2, 0.25) is 0 Å². The molecule has 2 heterocycles. The molecule has 2 aromatic rings. The zero-order valence-electron chi connectivity index (χ0n) is 15.4. The summed E-state index contributed by atoms with van der Waals surface area (Å²) in [5, 5.41) is 7.41. The second-order valence-corrected chi connectivity index (χ2v) is 6.52. The molecule has 0 unspecified atom stereocenters. The topological polar surface area (TPSA) is 102 Å². The summed E-state index contributed by atoms with van der Waals surface area (Å²) >= 11 is 0. The highest BCUT2D eigenvalue weighted by atomic mass is 16.5. The van der Waals surface area contributed by atoms with E-state index in [1.807, 2.05) is 6.07 Å². The highest BCUT2D eigenvalue weighted by molar-refractivity contribution is 6.02. The highest BCUT2D eigenvalue weighted by Gasteiger charge is 2.31. The number of hydrogen-bond acceptors (Lipinski definition) is 6. The quantitative estimate of drug-likeness (QED) is 0.804. The predicted octanol–water partition coefficient (Wildman–Crippen LogP) is 1.91. The van der Waals surface area contributed by atoms with E-state index in [-0.39, 0.29) is 23.5 Å². The Hall–Kier alpha value is -2.90. The van der Waals surface area contributed by atoms with Crippen LogP contribution in [0.15, 0.2) is 24.3 Å². The maximum atomic E-state index is 12.6. The van der Waals surface area contributed by atoms with Crippen molar-refractivity contribution in [3.8, 4) is 0 Å². The van der Waals surface area contributed by atoms with E-state index in [2.05, 4.69) is 10.2 Å². The minimum atomic E-state index is -0.924. The number of ether oxygens (including phenoxy) is 2. The molecule has 27 heavy (non-hydrogen) atoms. The molecular formula is C19H23N3O5. The van der Waals surface area contributed by atoms with Crippen LogP contribution < -0.4 is 0 Å². The summed E-state index contributed by atoms with van der Waals surface area (Å²) in [5.74, 6) is -1.31. The molecule has 144 valence electrons. The monoisotopic (exact) mass is 373 g/mol. The Morgan fingerprint density at radius 3 is 2.67 bits per heavy atom. The van der Waals surface area contributed by atoms with E-state index in [1.54, 1.807) is 36.9 Å². The number of hydrogen-bond donors (Lipinski definition) is 1. The van der Waals surface area contributed by atoms with Crippen molar-refractivity contribution < 1.29 is 23.9 Å². The van der Waals surface area contributed by atoms with E-state index in [0.717, 1.165) is 5.52 Å². The summed E-state index contributed by atoms with van der Waals surface area (Å²) in [4.78, 5) is 38.4. The summed E-state index contributed by atoms with van der Waals surface area (Å²) in [6.45, 7) is 4.56. The van der Waals surface area contributed by atoms with Crippen LogP contribution in [0.1, 0.15) is 37.2 Å². The molecule has 0 radical (unpaired) electrons. The first kappa shape index (κ1) is 18.9. The molecule has 1 aliphatic heterocycles. The lowest BCUT2D eigenvalue weighted by atomic mass is 9.97. The number of para-hydroxylation sites is 1. The van der Waals surface area contributed by atoms with Gasteiger partial charge in [-0.15, -0.1) is 0 Å². The first-order valence-electron chi connectivity index (χ1n) is 9.10. The predicted molar refractivity (Wildman–Crippen MR) is 96.9 cm³/mol. The largest absolute Gasteiger partial charge is 0.466 e. The van der Waals surface area contributed by atoms with Crippen molar-refractivity contribution in [3.63, 3.8) is 0 Å². The zero-order valence-corrected chi connectivity index (χ0v) is 15.4. The van der Waals surface area contributed by atoms with Crippen LogP contribution in [0, 0.1) is 5.92 Å². The van der Waals surface area contributed by atoms with E-state index in [4.69, 9.17) is 9.47 Å². The standard InChI is InChI=1S/C19H23N3O5/c1-3-26-18(24)13-8-10-22(11-9-13)17(23)12(2)27-19(25)16-14-6-4-5-7-15(14)20-21-16/h4-7,12-13H,3,8-11H2,1-2H3,(H,20,21)/t12-/m0/s1. The van der Waals surface area contributed by atoms with Gasteiger partial charge >= 0.3 is 11.9 Å². The van der Waals surface area contributed by atoms with Gasteiger partial charge in [-0.3, -0.25) is 14.7 Å².